The molecule has 1 fully saturated rings. The van der Waals surface area contributed by atoms with E-state index >= 15 is 0 Å². The summed E-state index contributed by atoms with van der Waals surface area (Å²) < 4.78 is 5.45. The maximum atomic E-state index is 13.3. The number of carbonyl (C=O) groups is 4. The Kier molecular flexibility index (Phi) is 9.64. The van der Waals surface area contributed by atoms with Gasteiger partial charge in [0.2, 0.25) is 11.8 Å². The summed E-state index contributed by atoms with van der Waals surface area (Å²) in [5.41, 5.74) is 1.91. The maximum Gasteiger partial charge on any atom is 0.324 e. The standard InChI is InChI=1S/C27H35N5O6/c1-17(2)14-21-26(36)31(11-9-24(34)35)12-13-32(21)23(33)16-19-7-8-20(22(15-19)38-4)29-27(37)30-25-18(3)6-5-10-28-25/h5-8,10,15,17,21H,9,11-14,16H2,1-4H3,(H,34,35)(H2,28,29,30,37). The molecule has 0 spiro atoms. The second-order valence-electron chi connectivity index (χ2n) is 9.66. The Morgan fingerprint density at radius 3 is 2.61 bits per heavy atom. The van der Waals surface area contributed by atoms with Gasteiger partial charge in [-0.1, -0.05) is 26.0 Å². The summed E-state index contributed by atoms with van der Waals surface area (Å²) in [6.07, 6.45) is 2.00. The maximum absolute atomic E-state index is 13.3. The first-order valence-electron chi connectivity index (χ1n) is 12.6. The predicted octanol–water partition coefficient (Wildman–Crippen LogP) is 3.15. The average molecular weight is 526 g/mol. The van der Waals surface area contributed by atoms with Crippen LogP contribution >= 0.6 is 0 Å². The Labute approximate surface area is 222 Å². The van der Waals surface area contributed by atoms with Gasteiger partial charge in [-0.15, -0.1) is 0 Å². The first-order chi connectivity index (χ1) is 18.1. The number of nitrogens with zero attached hydrogens (tertiary/aromatic N) is 3. The van der Waals surface area contributed by atoms with Gasteiger partial charge < -0.3 is 25.0 Å². The fourth-order valence-corrected chi connectivity index (χ4v) is 4.37. The smallest absolute Gasteiger partial charge is 0.324 e. The monoisotopic (exact) mass is 525 g/mol. The van der Waals surface area contributed by atoms with Gasteiger partial charge in [0.25, 0.3) is 0 Å². The Bertz CT molecular complexity index is 1180. The molecule has 0 aliphatic carbocycles. The van der Waals surface area contributed by atoms with Crippen molar-refractivity contribution in [1.82, 2.24) is 14.8 Å². The number of nitrogens with one attached hydrogen (secondary N) is 2. The number of ether oxygens (including phenoxy) is 1. The molecular formula is C27H35N5O6. The summed E-state index contributed by atoms with van der Waals surface area (Å²) in [5, 5.41) is 14.4. The number of hydrogen-bond donors (Lipinski definition) is 3. The molecule has 0 saturated carbocycles. The molecule has 1 atom stereocenters. The number of pyridine rings is 1. The number of urea groups is 1. The van der Waals surface area contributed by atoms with Crippen LogP contribution in [0.5, 0.6) is 5.75 Å². The molecule has 3 rings (SSSR count). The molecule has 1 unspecified atom stereocenters. The Morgan fingerprint density at radius 2 is 1.95 bits per heavy atom. The first-order valence-corrected chi connectivity index (χ1v) is 12.6. The third-order valence-electron chi connectivity index (χ3n) is 6.31. The number of piperazine rings is 1. The van der Waals surface area contributed by atoms with Crippen molar-refractivity contribution in [2.24, 2.45) is 5.92 Å². The summed E-state index contributed by atoms with van der Waals surface area (Å²) in [6.45, 7) is 6.56. The highest BCUT2D eigenvalue weighted by atomic mass is 16.5. The Balaban J connectivity index is 1.69. The highest BCUT2D eigenvalue weighted by Crippen LogP contribution is 2.27. The minimum atomic E-state index is -0.965. The SMILES string of the molecule is COc1cc(CC(=O)N2CCN(CCC(=O)O)C(=O)C2CC(C)C)ccc1NC(=O)Nc1ncccc1C. The van der Waals surface area contributed by atoms with Gasteiger partial charge in [-0.25, -0.2) is 9.78 Å². The zero-order valence-electron chi connectivity index (χ0n) is 22.2. The van der Waals surface area contributed by atoms with Crippen LogP contribution in [0.4, 0.5) is 16.3 Å². The van der Waals surface area contributed by atoms with Crippen LogP contribution in [0.1, 0.15) is 37.8 Å². The summed E-state index contributed by atoms with van der Waals surface area (Å²) in [6, 6.07) is 7.57. The zero-order chi connectivity index (χ0) is 27.8. The number of rotatable bonds is 10. The van der Waals surface area contributed by atoms with Gasteiger partial charge in [0, 0.05) is 25.8 Å². The molecule has 0 radical (unpaired) electrons. The molecule has 38 heavy (non-hydrogen) atoms. The highest BCUT2D eigenvalue weighted by Gasteiger charge is 2.37. The highest BCUT2D eigenvalue weighted by molar-refractivity contribution is 6.00. The van der Waals surface area contributed by atoms with E-state index in [0.717, 1.165) is 5.56 Å². The van der Waals surface area contributed by atoms with E-state index in [1.54, 1.807) is 35.4 Å². The van der Waals surface area contributed by atoms with E-state index in [2.05, 4.69) is 15.6 Å². The van der Waals surface area contributed by atoms with Crippen LogP contribution in [0.3, 0.4) is 0 Å². The van der Waals surface area contributed by atoms with Crippen LogP contribution in [0, 0.1) is 12.8 Å². The predicted molar refractivity (Wildman–Crippen MR) is 142 cm³/mol. The Hall–Kier alpha value is -4.15. The van der Waals surface area contributed by atoms with Crippen LogP contribution < -0.4 is 15.4 Å². The lowest BCUT2D eigenvalue weighted by atomic mass is 9.98. The molecule has 2 aromatic rings. The lowest BCUT2D eigenvalue weighted by Crippen LogP contribution is -2.59. The summed E-state index contributed by atoms with van der Waals surface area (Å²) >= 11 is 0. The van der Waals surface area contributed by atoms with Crippen LogP contribution in [0.25, 0.3) is 0 Å². The van der Waals surface area contributed by atoms with Crippen LogP contribution in [0.15, 0.2) is 36.5 Å². The topological polar surface area (TPSA) is 141 Å². The largest absolute Gasteiger partial charge is 0.495 e. The van der Waals surface area contributed by atoms with Crippen LogP contribution in [-0.4, -0.2) is 76.5 Å². The number of carboxylic acid groups (broad SMARTS) is 1. The Morgan fingerprint density at radius 1 is 1.18 bits per heavy atom. The molecule has 1 saturated heterocycles. The number of amides is 4. The van der Waals surface area contributed by atoms with Crippen molar-refractivity contribution >= 4 is 35.3 Å². The van der Waals surface area contributed by atoms with Gasteiger partial charge >= 0.3 is 12.0 Å². The normalized spacial score (nSPS) is 15.4. The number of methoxy groups -OCH3 is 1. The van der Waals surface area contributed by atoms with E-state index in [9.17, 15) is 19.2 Å². The van der Waals surface area contributed by atoms with Gasteiger partial charge in [0.15, 0.2) is 0 Å². The van der Waals surface area contributed by atoms with E-state index in [0.29, 0.717) is 42.3 Å². The van der Waals surface area contributed by atoms with Gasteiger partial charge in [-0.3, -0.25) is 19.7 Å². The molecule has 204 valence electrons. The van der Waals surface area contributed by atoms with E-state index in [1.165, 1.54) is 12.0 Å². The van der Waals surface area contributed by atoms with Crippen molar-refractivity contribution in [3.05, 3.63) is 47.7 Å². The fourth-order valence-electron chi connectivity index (χ4n) is 4.37. The summed E-state index contributed by atoms with van der Waals surface area (Å²) in [5.74, 6) is -0.381. The number of benzene rings is 1. The zero-order valence-corrected chi connectivity index (χ0v) is 22.2. The fraction of sp³-hybridized carbons (Fsp3) is 0.444. The summed E-state index contributed by atoms with van der Waals surface area (Å²) in [4.78, 5) is 57.2. The van der Waals surface area contributed by atoms with Crippen LogP contribution in [0.2, 0.25) is 0 Å². The minimum absolute atomic E-state index is 0.0486. The number of carboxylic acids is 1. The van der Waals surface area contributed by atoms with E-state index in [1.807, 2.05) is 26.8 Å². The molecule has 1 aliphatic rings. The number of anilines is 2. The van der Waals surface area contributed by atoms with Gasteiger partial charge in [0.05, 0.1) is 25.6 Å². The lowest BCUT2D eigenvalue weighted by molar-refractivity contribution is -0.152. The summed E-state index contributed by atoms with van der Waals surface area (Å²) in [7, 11) is 1.47. The van der Waals surface area contributed by atoms with Crippen molar-refractivity contribution < 1.29 is 29.0 Å². The number of hydrogen-bond acceptors (Lipinski definition) is 6. The molecule has 11 heteroatoms. The lowest BCUT2D eigenvalue weighted by Gasteiger charge is -2.41. The van der Waals surface area contributed by atoms with Crippen molar-refractivity contribution in [2.75, 3.05) is 37.4 Å². The molecule has 1 aromatic heterocycles. The molecule has 3 N–H and O–H groups in total. The minimum Gasteiger partial charge on any atom is -0.495 e. The van der Waals surface area contributed by atoms with Crippen molar-refractivity contribution in [3.8, 4) is 5.75 Å². The molecular weight excluding hydrogens is 490 g/mol. The van der Waals surface area contributed by atoms with Crippen molar-refractivity contribution in [1.29, 1.82) is 0 Å². The quantitative estimate of drug-likeness (QED) is 0.433. The van der Waals surface area contributed by atoms with E-state index < -0.39 is 18.0 Å². The van der Waals surface area contributed by atoms with Crippen molar-refractivity contribution in [2.45, 2.75) is 46.1 Å². The number of aliphatic carboxylic acids is 1. The first kappa shape index (κ1) is 28.4. The van der Waals surface area contributed by atoms with Crippen molar-refractivity contribution in [3.63, 3.8) is 0 Å². The van der Waals surface area contributed by atoms with Gasteiger partial charge in [0.1, 0.15) is 17.6 Å². The third kappa shape index (κ3) is 7.44. The number of carbonyl (C=O) groups excluding carboxylic acids is 3. The number of aryl methyl sites for hydroxylation is 1. The van der Waals surface area contributed by atoms with Crippen LogP contribution in [-0.2, 0) is 20.8 Å². The molecule has 4 amide bonds. The number of aromatic nitrogens is 1. The van der Waals surface area contributed by atoms with Gasteiger partial charge in [-0.2, -0.15) is 0 Å². The van der Waals surface area contributed by atoms with E-state index in [-0.39, 0.29) is 37.1 Å². The second-order valence-corrected chi connectivity index (χ2v) is 9.66. The second kappa shape index (κ2) is 12.9. The third-order valence-corrected chi connectivity index (χ3v) is 6.31. The molecule has 1 aromatic carbocycles. The average Bonchev–Trinajstić information content (AvgIpc) is 2.86. The van der Waals surface area contributed by atoms with Gasteiger partial charge in [-0.05, 0) is 48.6 Å². The van der Waals surface area contributed by atoms with E-state index in [4.69, 9.17) is 9.84 Å². The molecule has 1 aliphatic heterocycles. The molecule has 2 heterocycles. The molecule has 0 bridgehead atoms. The molecule has 11 nitrogen and oxygen atoms in total.